The lowest BCUT2D eigenvalue weighted by molar-refractivity contribution is -0.139. The fourth-order valence-corrected chi connectivity index (χ4v) is 0.686. The van der Waals surface area contributed by atoms with Gasteiger partial charge in [-0.2, -0.15) is 0 Å². The Kier molecular flexibility index (Phi) is 3.99. The summed E-state index contributed by atoms with van der Waals surface area (Å²) >= 11 is 0. The van der Waals surface area contributed by atoms with E-state index in [4.69, 9.17) is 16.6 Å². The topological polar surface area (TPSA) is 89.3 Å². The van der Waals surface area contributed by atoms with Crippen molar-refractivity contribution in [3.05, 3.63) is 0 Å². The van der Waals surface area contributed by atoms with Gasteiger partial charge in [-0.1, -0.05) is 6.92 Å². The third kappa shape index (κ3) is 2.80. The molecule has 0 radical (unpaired) electrons. The highest BCUT2D eigenvalue weighted by molar-refractivity contribution is 5.73. The maximum absolute atomic E-state index is 10.2. The van der Waals surface area contributed by atoms with Gasteiger partial charge in [0.15, 0.2) is 0 Å². The Morgan fingerprint density at radius 1 is 1.70 bits per heavy atom. The molecule has 1 unspecified atom stereocenters. The van der Waals surface area contributed by atoms with E-state index in [9.17, 15) is 4.79 Å². The Labute approximate surface area is 60.2 Å². The molecule has 60 valence electrons. The summed E-state index contributed by atoms with van der Waals surface area (Å²) in [6, 6.07) is -0.774. The van der Waals surface area contributed by atoms with E-state index in [1.54, 1.807) is 6.92 Å². The number of carboxylic acid groups (broad SMARTS) is 1. The van der Waals surface area contributed by atoms with Gasteiger partial charge in [-0.15, -0.1) is 0 Å². The fourth-order valence-electron chi connectivity index (χ4n) is 0.686. The van der Waals surface area contributed by atoms with Crippen LogP contribution in [0.3, 0.4) is 0 Å². The predicted octanol–water partition coefficient (Wildman–Crippen LogP) is -0.617. The lowest BCUT2D eigenvalue weighted by Gasteiger charge is -2.13. The summed E-state index contributed by atoms with van der Waals surface area (Å²) in [5.41, 5.74) is 10.5. The second-order valence-electron chi connectivity index (χ2n) is 2.42. The van der Waals surface area contributed by atoms with Gasteiger partial charge in [-0.25, -0.2) is 0 Å². The molecular weight excluding hydrogens is 132 g/mol. The van der Waals surface area contributed by atoms with Crippen LogP contribution in [-0.4, -0.2) is 23.7 Å². The van der Waals surface area contributed by atoms with Crippen molar-refractivity contribution in [2.45, 2.75) is 19.4 Å². The lowest BCUT2D eigenvalue weighted by atomic mass is 10.00. The molecule has 0 aliphatic carbocycles. The Morgan fingerprint density at radius 2 is 2.20 bits per heavy atom. The molecule has 4 heteroatoms. The molecule has 5 N–H and O–H groups in total. The number of carbonyl (C=O) groups is 1. The van der Waals surface area contributed by atoms with Crippen molar-refractivity contribution < 1.29 is 9.90 Å². The summed E-state index contributed by atoms with van der Waals surface area (Å²) in [5, 5.41) is 8.41. The first-order valence-electron chi connectivity index (χ1n) is 3.28. The third-order valence-corrected chi connectivity index (χ3v) is 1.52. The van der Waals surface area contributed by atoms with Crippen molar-refractivity contribution in [3.63, 3.8) is 0 Å². The second kappa shape index (κ2) is 4.24. The van der Waals surface area contributed by atoms with Gasteiger partial charge in [0, 0.05) is 0 Å². The van der Waals surface area contributed by atoms with E-state index in [2.05, 4.69) is 0 Å². The molecule has 0 saturated heterocycles. The van der Waals surface area contributed by atoms with Crippen molar-refractivity contribution in [2.75, 3.05) is 6.54 Å². The molecule has 0 saturated carbocycles. The quantitative estimate of drug-likeness (QED) is 0.493. The van der Waals surface area contributed by atoms with Crippen molar-refractivity contribution in [1.29, 1.82) is 0 Å². The number of aliphatic carboxylic acids is 1. The minimum absolute atomic E-state index is 0.0394. The minimum Gasteiger partial charge on any atom is -0.480 e. The van der Waals surface area contributed by atoms with E-state index in [1.165, 1.54) is 0 Å². The maximum atomic E-state index is 10.2. The molecule has 0 aliphatic heterocycles. The molecule has 0 amide bonds. The van der Waals surface area contributed by atoms with Crippen LogP contribution in [0.15, 0.2) is 0 Å². The van der Waals surface area contributed by atoms with Crippen LogP contribution >= 0.6 is 0 Å². The molecule has 0 aromatic heterocycles. The van der Waals surface area contributed by atoms with Crippen molar-refractivity contribution in [3.8, 4) is 0 Å². The Morgan fingerprint density at radius 3 is 2.50 bits per heavy atom. The summed E-state index contributed by atoms with van der Waals surface area (Å²) in [5.74, 6) is -0.997. The highest BCUT2D eigenvalue weighted by Crippen LogP contribution is 2.04. The minimum atomic E-state index is -0.957. The highest BCUT2D eigenvalue weighted by Gasteiger charge is 2.18. The molecule has 0 aromatic carbocycles. The molecule has 0 heterocycles. The summed E-state index contributed by atoms with van der Waals surface area (Å²) in [6.45, 7) is 2.27. The first kappa shape index (κ1) is 9.39. The highest BCUT2D eigenvalue weighted by atomic mass is 16.4. The van der Waals surface area contributed by atoms with E-state index in [1.807, 2.05) is 0 Å². The summed E-state index contributed by atoms with van der Waals surface area (Å²) in [7, 11) is 0. The van der Waals surface area contributed by atoms with E-state index in [0.717, 1.165) is 0 Å². The second-order valence-corrected chi connectivity index (χ2v) is 2.42. The molecule has 0 bridgehead atoms. The van der Waals surface area contributed by atoms with Gasteiger partial charge in [-0.05, 0) is 18.9 Å². The largest absolute Gasteiger partial charge is 0.480 e. The molecule has 0 aromatic rings. The number of hydrogen-bond acceptors (Lipinski definition) is 3. The molecule has 0 aliphatic rings. The Balaban J connectivity index is 3.69. The van der Waals surface area contributed by atoms with Crippen LogP contribution < -0.4 is 11.5 Å². The summed E-state index contributed by atoms with van der Waals surface area (Å²) in [4.78, 5) is 10.2. The van der Waals surface area contributed by atoms with Gasteiger partial charge in [0.25, 0.3) is 0 Å². The zero-order valence-electron chi connectivity index (χ0n) is 6.08. The van der Waals surface area contributed by atoms with E-state index < -0.39 is 12.0 Å². The van der Waals surface area contributed by atoms with Crippen LogP contribution in [0.25, 0.3) is 0 Å². The number of rotatable bonds is 4. The molecule has 0 rings (SSSR count). The third-order valence-electron chi connectivity index (χ3n) is 1.52. The lowest BCUT2D eigenvalue weighted by Crippen LogP contribution is -2.37. The van der Waals surface area contributed by atoms with E-state index >= 15 is 0 Å². The van der Waals surface area contributed by atoms with E-state index in [-0.39, 0.29) is 5.92 Å². The fraction of sp³-hybridized carbons (Fsp3) is 0.833. The molecule has 10 heavy (non-hydrogen) atoms. The average Bonchev–Trinajstić information content (AvgIpc) is 1.87. The van der Waals surface area contributed by atoms with Crippen LogP contribution in [0.2, 0.25) is 0 Å². The van der Waals surface area contributed by atoms with Crippen molar-refractivity contribution in [1.82, 2.24) is 0 Å². The van der Waals surface area contributed by atoms with Crippen LogP contribution in [0.4, 0.5) is 0 Å². The zero-order valence-corrected chi connectivity index (χ0v) is 6.08. The standard InChI is InChI=1S/C6H14N2O2/c1-4(2-3-7)5(8)6(9)10/h4-5H,2-3,7-8H2,1H3,(H,9,10)/t4?,5-/m0/s1. The van der Waals surface area contributed by atoms with Gasteiger partial charge < -0.3 is 16.6 Å². The van der Waals surface area contributed by atoms with Crippen molar-refractivity contribution in [2.24, 2.45) is 17.4 Å². The Bertz CT molecular complexity index is 116. The number of hydrogen-bond donors (Lipinski definition) is 3. The van der Waals surface area contributed by atoms with Crippen LogP contribution in [-0.2, 0) is 4.79 Å². The van der Waals surface area contributed by atoms with Gasteiger partial charge in [0.1, 0.15) is 6.04 Å². The monoisotopic (exact) mass is 146 g/mol. The molecule has 2 atom stereocenters. The smallest absolute Gasteiger partial charge is 0.320 e. The van der Waals surface area contributed by atoms with Crippen LogP contribution in [0.5, 0.6) is 0 Å². The van der Waals surface area contributed by atoms with Gasteiger partial charge in [0.05, 0.1) is 0 Å². The molecular formula is C6H14N2O2. The van der Waals surface area contributed by atoms with Gasteiger partial charge in [-0.3, -0.25) is 4.79 Å². The SMILES string of the molecule is CC(CCN)[C@H](N)C(=O)O. The van der Waals surface area contributed by atoms with Crippen molar-refractivity contribution >= 4 is 5.97 Å². The maximum Gasteiger partial charge on any atom is 0.320 e. The Hall–Kier alpha value is -0.610. The molecule has 0 fully saturated rings. The predicted molar refractivity (Wildman–Crippen MR) is 38.4 cm³/mol. The summed E-state index contributed by atoms with van der Waals surface area (Å²) in [6.07, 6.45) is 0.660. The average molecular weight is 146 g/mol. The van der Waals surface area contributed by atoms with Crippen LogP contribution in [0.1, 0.15) is 13.3 Å². The van der Waals surface area contributed by atoms with Crippen LogP contribution in [0, 0.1) is 5.92 Å². The normalized spacial score (nSPS) is 16.3. The van der Waals surface area contributed by atoms with E-state index in [0.29, 0.717) is 13.0 Å². The van der Waals surface area contributed by atoms with Gasteiger partial charge in [0.2, 0.25) is 0 Å². The van der Waals surface area contributed by atoms with Gasteiger partial charge >= 0.3 is 5.97 Å². The zero-order chi connectivity index (χ0) is 8.15. The molecule has 0 spiro atoms. The number of carboxylic acids is 1. The first-order chi connectivity index (χ1) is 4.59. The first-order valence-corrected chi connectivity index (χ1v) is 3.28. The number of nitrogens with two attached hydrogens (primary N) is 2. The molecule has 4 nitrogen and oxygen atoms in total. The summed E-state index contributed by atoms with van der Waals surface area (Å²) < 4.78 is 0.